The SMILES string of the molecule is COc1cc(C)ccc1CNC(=O)C[C@H](CCO)c1nnc(C2CC(CC(C)C)C2)n1C1CC1. The smallest absolute Gasteiger partial charge is 0.221 e. The summed E-state index contributed by atoms with van der Waals surface area (Å²) in [6.07, 6.45) is 6.74. The molecule has 0 bridgehead atoms. The lowest BCUT2D eigenvalue weighted by atomic mass is 9.71. The molecule has 1 atom stereocenters. The number of aliphatic hydroxyl groups is 1. The van der Waals surface area contributed by atoms with Crippen LogP contribution in [0.5, 0.6) is 5.75 Å². The van der Waals surface area contributed by atoms with Gasteiger partial charge in [-0.25, -0.2) is 0 Å². The lowest BCUT2D eigenvalue weighted by Gasteiger charge is -2.36. The molecule has 34 heavy (non-hydrogen) atoms. The normalized spacial score (nSPS) is 20.8. The molecule has 2 aliphatic carbocycles. The van der Waals surface area contributed by atoms with E-state index >= 15 is 0 Å². The molecule has 0 spiro atoms. The highest BCUT2D eigenvalue weighted by Gasteiger charge is 2.39. The van der Waals surface area contributed by atoms with Crippen LogP contribution < -0.4 is 10.1 Å². The Labute approximate surface area is 203 Å². The molecular weight excluding hydrogens is 428 g/mol. The number of hydrogen-bond donors (Lipinski definition) is 2. The van der Waals surface area contributed by atoms with E-state index in [1.807, 2.05) is 25.1 Å². The Hall–Kier alpha value is -2.41. The van der Waals surface area contributed by atoms with Crippen LogP contribution in [0.4, 0.5) is 0 Å². The molecule has 4 rings (SSSR count). The number of aliphatic hydroxyl groups excluding tert-OH is 1. The molecule has 0 unspecified atom stereocenters. The zero-order valence-electron chi connectivity index (χ0n) is 21.1. The van der Waals surface area contributed by atoms with Crippen LogP contribution in [0.2, 0.25) is 0 Å². The third-order valence-corrected chi connectivity index (χ3v) is 7.26. The zero-order chi connectivity index (χ0) is 24.2. The predicted octanol–water partition coefficient (Wildman–Crippen LogP) is 4.64. The van der Waals surface area contributed by atoms with E-state index in [1.165, 1.54) is 19.3 Å². The van der Waals surface area contributed by atoms with E-state index in [1.54, 1.807) is 7.11 Å². The van der Waals surface area contributed by atoms with E-state index in [9.17, 15) is 9.90 Å². The lowest BCUT2D eigenvalue weighted by Crippen LogP contribution is -2.28. The molecule has 7 heteroatoms. The van der Waals surface area contributed by atoms with Crippen LogP contribution >= 0.6 is 0 Å². The van der Waals surface area contributed by atoms with Crippen LogP contribution in [-0.4, -0.2) is 39.5 Å². The molecule has 1 aromatic heterocycles. The molecule has 2 aliphatic rings. The number of aromatic nitrogens is 3. The maximum atomic E-state index is 12.9. The van der Waals surface area contributed by atoms with Crippen molar-refractivity contribution < 1.29 is 14.6 Å². The number of rotatable bonds is 12. The van der Waals surface area contributed by atoms with Crippen molar-refractivity contribution >= 4 is 5.91 Å². The summed E-state index contributed by atoms with van der Waals surface area (Å²) >= 11 is 0. The minimum atomic E-state index is -0.140. The number of methoxy groups -OCH3 is 1. The molecular formula is C27H40N4O3. The number of ether oxygens (including phenoxy) is 1. The minimum Gasteiger partial charge on any atom is -0.496 e. The summed E-state index contributed by atoms with van der Waals surface area (Å²) in [5.41, 5.74) is 2.07. The number of amides is 1. The second-order valence-electron chi connectivity index (χ2n) is 10.7. The van der Waals surface area contributed by atoms with Gasteiger partial charge in [0.2, 0.25) is 5.91 Å². The van der Waals surface area contributed by atoms with Gasteiger partial charge in [-0.15, -0.1) is 10.2 Å². The van der Waals surface area contributed by atoms with Gasteiger partial charge >= 0.3 is 0 Å². The molecule has 2 aromatic rings. The number of nitrogens with zero attached hydrogens (tertiary/aromatic N) is 3. The second-order valence-corrected chi connectivity index (χ2v) is 10.7. The number of carbonyl (C=O) groups is 1. The van der Waals surface area contributed by atoms with Crippen LogP contribution in [-0.2, 0) is 11.3 Å². The number of nitrogens with one attached hydrogen (secondary N) is 1. The zero-order valence-corrected chi connectivity index (χ0v) is 21.1. The molecule has 2 fully saturated rings. The van der Waals surface area contributed by atoms with Crippen molar-refractivity contribution in [3.63, 3.8) is 0 Å². The standard InChI is InChI=1S/C27H40N4O3/c1-17(2)11-19-13-22(14-19)27-30-29-26(31(27)23-7-8-23)20(9-10-32)15-25(33)28-16-21-6-5-18(3)12-24(21)34-4/h5-6,12,17,19-20,22-23,32H,7-11,13-16H2,1-4H3,(H,28,33)/t19?,20-,22?/m0/s1. The Morgan fingerprint density at radius 1 is 1.26 bits per heavy atom. The Morgan fingerprint density at radius 3 is 2.68 bits per heavy atom. The molecule has 2 saturated carbocycles. The maximum Gasteiger partial charge on any atom is 0.221 e. The van der Waals surface area contributed by atoms with E-state index in [2.05, 4.69) is 33.9 Å². The van der Waals surface area contributed by atoms with E-state index < -0.39 is 0 Å². The quantitative estimate of drug-likeness (QED) is 0.474. The van der Waals surface area contributed by atoms with Crippen molar-refractivity contribution in [3.05, 3.63) is 41.0 Å². The summed E-state index contributed by atoms with van der Waals surface area (Å²) in [7, 11) is 1.65. The number of hydrogen-bond acceptors (Lipinski definition) is 5. The van der Waals surface area contributed by atoms with Gasteiger partial charge in [0, 0.05) is 43.0 Å². The highest BCUT2D eigenvalue weighted by Crippen LogP contribution is 2.48. The van der Waals surface area contributed by atoms with Crippen molar-refractivity contribution in [3.8, 4) is 5.75 Å². The van der Waals surface area contributed by atoms with Gasteiger partial charge in [-0.05, 0) is 68.9 Å². The molecule has 186 valence electrons. The highest BCUT2D eigenvalue weighted by molar-refractivity contribution is 5.76. The molecule has 0 aliphatic heterocycles. The first kappa shape index (κ1) is 24.7. The van der Waals surface area contributed by atoms with Crippen LogP contribution in [0, 0.1) is 18.8 Å². The first-order chi connectivity index (χ1) is 16.4. The Bertz CT molecular complexity index is 976. The van der Waals surface area contributed by atoms with Crippen LogP contribution in [0.15, 0.2) is 18.2 Å². The van der Waals surface area contributed by atoms with Crippen molar-refractivity contribution in [2.75, 3.05) is 13.7 Å². The second kappa shape index (κ2) is 10.9. The van der Waals surface area contributed by atoms with Gasteiger partial charge in [0.25, 0.3) is 0 Å². The topological polar surface area (TPSA) is 89.3 Å². The Kier molecular flexibility index (Phi) is 7.91. The number of benzene rings is 1. The molecule has 7 nitrogen and oxygen atoms in total. The fourth-order valence-corrected chi connectivity index (χ4v) is 5.35. The van der Waals surface area contributed by atoms with Gasteiger partial charge in [0.15, 0.2) is 0 Å². The molecule has 2 N–H and O–H groups in total. The predicted molar refractivity (Wildman–Crippen MR) is 132 cm³/mol. The van der Waals surface area contributed by atoms with E-state index in [4.69, 9.17) is 4.74 Å². The van der Waals surface area contributed by atoms with Crippen molar-refractivity contribution in [1.29, 1.82) is 0 Å². The Balaban J connectivity index is 1.43. The molecule has 1 aromatic carbocycles. The van der Waals surface area contributed by atoms with Gasteiger partial charge in [0.05, 0.1) is 7.11 Å². The van der Waals surface area contributed by atoms with Crippen molar-refractivity contribution in [2.45, 2.75) is 90.1 Å². The summed E-state index contributed by atoms with van der Waals surface area (Å²) in [6.45, 7) is 7.03. The Morgan fingerprint density at radius 2 is 2.03 bits per heavy atom. The average molecular weight is 469 g/mol. The van der Waals surface area contributed by atoms with Crippen LogP contribution in [0.3, 0.4) is 0 Å². The fraction of sp³-hybridized carbons (Fsp3) is 0.667. The number of carbonyl (C=O) groups excluding carboxylic acids is 1. The fourth-order valence-electron chi connectivity index (χ4n) is 5.35. The van der Waals surface area contributed by atoms with Crippen LogP contribution in [0.1, 0.15) is 99.4 Å². The van der Waals surface area contributed by atoms with Gasteiger partial charge < -0.3 is 19.7 Å². The summed E-state index contributed by atoms with van der Waals surface area (Å²) < 4.78 is 7.79. The van der Waals surface area contributed by atoms with E-state index in [0.717, 1.165) is 53.2 Å². The molecule has 1 amide bonds. The van der Waals surface area contributed by atoms with Crippen molar-refractivity contribution in [2.24, 2.45) is 11.8 Å². The number of aryl methyl sites for hydroxylation is 1. The molecule has 0 radical (unpaired) electrons. The minimum absolute atomic E-state index is 0.0243. The van der Waals surface area contributed by atoms with E-state index in [-0.39, 0.29) is 18.4 Å². The van der Waals surface area contributed by atoms with Gasteiger partial charge in [-0.1, -0.05) is 26.0 Å². The van der Waals surface area contributed by atoms with Crippen molar-refractivity contribution in [1.82, 2.24) is 20.1 Å². The molecule has 1 heterocycles. The highest BCUT2D eigenvalue weighted by atomic mass is 16.5. The first-order valence-corrected chi connectivity index (χ1v) is 12.8. The summed E-state index contributed by atoms with van der Waals surface area (Å²) in [5, 5.41) is 22.0. The largest absolute Gasteiger partial charge is 0.496 e. The van der Waals surface area contributed by atoms with Gasteiger partial charge in [0.1, 0.15) is 17.4 Å². The average Bonchev–Trinajstić information content (AvgIpc) is 3.53. The summed E-state index contributed by atoms with van der Waals surface area (Å²) in [6, 6.07) is 6.43. The van der Waals surface area contributed by atoms with Gasteiger partial charge in [-0.2, -0.15) is 0 Å². The van der Waals surface area contributed by atoms with Crippen LogP contribution in [0.25, 0.3) is 0 Å². The van der Waals surface area contributed by atoms with E-state index in [0.29, 0.717) is 31.3 Å². The summed E-state index contributed by atoms with van der Waals surface area (Å²) in [4.78, 5) is 12.9. The lowest BCUT2D eigenvalue weighted by molar-refractivity contribution is -0.121. The molecule has 0 saturated heterocycles. The summed E-state index contributed by atoms with van der Waals surface area (Å²) in [5.74, 6) is 4.56. The third kappa shape index (κ3) is 5.80. The first-order valence-electron chi connectivity index (χ1n) is 12.8. The third-order valence-electron chi connectivity index (χ3n) is 7.26. The maximum absolute atomic E-state index is 12.9. The monoisotopic (exact) mass is 468 g/mol. The van der Waals surface area contributed by atoms with Gasteiger partial charge in [-0.3, -0.25) is 4.79 Å².